The molecule has 1 aromatic heterocycles. The van der Waals surface area contributed by atoms with E-state index in [4.69, 9.17) is 9.15 Å². The van der Waals surface area contributed by atoms with Crippen LogP contribution in [-0.2, 0) is 16.4 Å². The Morgan fingerprint density at radius 2 is 2.00 bits per heavy atom. The van der Waals surface area contributed by atoms with Crippen LogP contribution in [0.3, 0.4) is 0 Å². The number of ether oxygens (including phenoxy) is 1. The lowest BCUT2D eigenvalue weighted by Crippen LogP contribution is -2.35. The number of benzene rings is 1. The first-order chi connectivity index (χ1) is 11.0. The summed E-state index contributed by atoms with van der Waals surface area (Å²) in [5, 5.41) is 2.69. The molecule has 2 heterocycles. The van der Waals surface area contributed by atoms with E-state index < -0.39 is 15.7 Å². The van der Waals surface area contributed by atoms with Gasteiger partial charge in [0.25, 0.3) is 5.91 Å². The summed E-state index contributed by atoms with van der Waals surface area (Å²) in [6, 6.07) is 12.2. The lowest BCUT2D eigenvalue weighted by Gasteiger charge is -2.08. The van der Waals surface area contributed by atoms with Crippen molar-refractivity contribution in [3.63, 3.8) is 0 Å². The Kier molecular flexibility index (Phi) is 4.38. The lowest BCUT2D eigenvalue weighted by atomic mass is 10.2. The van der Waals surface area contributed by atoms with Crippen molar-refractivity contribution in [1.29, 1.82) is 0 Å². The van der Waals surface area contributed by atoms with Gasteiger partial charge in [0.15, 0.2) is 15.6 Å². The van der Waals surface area contributed by atoms with Gasteiger partial charge in [0.2, 0.25) is 0 Å². The number of rotatable bonds is 5. The Morgan fingerprint density at radius 1 is 1.22 bits per heavy atom. The molecule has 1 saturated heterocycles. The molecule has 23 heavy (non-hydrogen) atoms. The third-order valence-electron chi connectivity index (χ3n) is 3.58. The molecule has 1 fully saturated rings. The third-order valence-corrected chi connectivity index (χ3v) is 5.35. The normalized spacial score (nSPS) is 19.4. The molecular weight excluding hydrogens is 318 g/mol. The molecule has 1 amide bonds. The molecule has 0 spiro atoms. The van der Waals surface area contributed by atoms with E-state index in [0.717, 1.165) is 0 Å². The lowest BCUT2D eigenvalue weighted by molar-refractivity contribution is 0.0909. The van der Waals surface area contributed by atoms with Crippen molar-refractivity contribution in [2.24, 2.45) is 0 Å². The number of hydrogen-bond donors (Lipinski definition) is 1. The van der Waals surface area contributed by atoms with Crippen LogP contribution in [0, 0.1) is 0 Å². The summed E-state index contributed by atoms with van der Waals surface area (Å²) in [4.78, 5) is 12.1. The van der Waals surface area contributed by atoms with Crippen LogP contribution in [0.1, 0.15) is 22.7 Å². The first-order valence-electron chi connectivity index (χ1n) is 7.30. The van der Waals surface area contributed by atoms with Gasteiger partial charge in [-0.05, 0) is 30.7 Å². The maximum atomic E-state index is 12.1. The van der Waals surface area contributed by atoms with Gasteiger partial charge in [-0.2, -0.15) is 0 Å². The summed E-state index contributed by atoms with van der Waals surface area (Å²) >= 11 is 0. The summed E-state index contributed by atoms with van der Waals surface area (Å²) in [5.74, 6) is 1.10. The number of para-hydroxylation sites is 1. The highest BCUT2D eigenvalue weighted by Crippen LogP contribution is 2.15. The number of furan rings is 1. The fourth-order valence-corrected chi connectivity index (χ4v) is 4.09. The van der Waals surface area contributed by atoms with Crippen molar-refractivity contribution >= 4 is 15.7 Å². The predicted octanol–water partition coefficient (Wildman–Crippen LogP) is 1.78. The zero-order chi connectivity index (χ0) is 16.3. The molecule has 0 bridgehead atoms. The third kappa shape index (κ3) is 4.13. The van der Waals surface area contributed by atoms with Gasteiger partial charge in [-0.15, -0.1) is 0 Å². The molecule has 1 aromatic carbocycles. The Hall–Kier alpha value is -2.28. The number of amides is 1. The molecule has 1 atom stereocenters. The Morgan fingerprint density at radius 3 is 2.70 bits per heavy atom. The van der Waals surface area contributed by atoms with Crippen molar-refractivity contribution in [3.05, 3.63) is 54.0 Å². The minimum absolute atomic E-state index is 0.0105. The van der Waals surface area contributed by atoms with E-state index >= 15 is 0 Å². The van der Waals surface area contributed by atoms with Crippen molar-refractivity contribution in [3.8, 4) is 5.75 Å². The number of nitrogens with one attached hydrogen (secondary N) is 1. The van der Waals surface area contributed by atoms with Crippen molar-refractivity contribution in [2.45, 2.75) is 19.1 Å². The number of carbonyl (C=O) groups is 1. The number of carbonyl (C=O) groups excluding carboxylic acids is 1. The van der Waals surface area contributed by atoms with Crippen LogP contribution in [0.25, 0.3) is 0 Å². The van der Waals surface area contributed by atoms with Gasteiger partial charge in [-0.1, -0.05) is 18.2 Å². The molecule has 0 saturated carbocycles. The first kappa shape index (κ1) is 15.6. The molecule has 1 aliphatic heterocycles. The zero-order valence-corrected chi connectivity index (χ0v) is 13.2. The second kappa shape index (κ2) is 6.45. The van der Waals surface area contributed by atoms with Crippen LogP contribution < -0.4 is 10.1 Å². The molecule has 3 rings (SSSR count). The monoisotopic (exact) mass is 335 g/mol. The van der Waals surface area contributed by atoms with Gasteiger partial charge >= 0.3 is 0 Å². The first-order valence-corrected chi connectivity index (χ1v) is 9.12. The Labute approximate surface area is 134 Å². The molecule has 7 heteroatoms. The van der Waals surface area contributed by atoms with E-state index in [-0.39, 0.29) is 29.9 Å². The van der Waals surface area contributed by atoms with Gasteiger partial charge in [-0.25, -0.2) is 8.42 Å². The van der Waals surface area contributed by atoms with Crippen LogP contribution in [-0.4, -0.2) is 31.9 Å². The summed E-state index contributed by atoms with van der Waals surface area (Å²) < 4.78 is 33.8. The minimum atomic E-state index is -3.02. The van der Waals surface area contributed by atoms with E-state index in [1.807, 2.05) is 30.3 Å². The molecule has 6 nitrogen and oxygen atoms in total. The van der Waals surface area contributed by atoms with E-state index in [2.05, 4.69) is 5.32 Å². The highest BCUT2D eigenvalue weighted by molar-refractivity contribution is 7.91. The van der Waals surface area contributed by atoms with Gasteiger partial charge < -0.3 is 14.5 Å². The summed E-state index contributed by atoms with van der Waals surface area (Å²) in [5.41, 5.74) is 0. The summed E-state index contributed by atoms with van der Waals surface area (Å²) in [7, 11) is -3.02. The zero-order valence-electron chi connectivity index (χ0n) is 12.4. The SMILES string of the molecule is O=C(N[C@H]1CCS(=O)(=O)C1)c1ccc(COc2ccccc2)o1. The smallest absolute Gasteiger partial charge is 0.287 e. The maximum Gasteiger partial charge on any atom is 0.287 e. The fourth-order valence-electron chi connectivity index (χ4n) is 2.41. The number of sulfone groups is 1. The molecular formula is C16H17NO5S. The standard InChI is InChI=1S/C16H17NO5S/c18-16(17-12-8-9-23(19,20)11-12)15-7-6-14(22-15)10-21-13-4-2-1-3-5-13/h1-7,12H,8-11H2,(H,17,18)/t12-/m0/s1. The predicted molar refractivity (Wildman–Crippen MR) is 84.0 cm³/mol. The quantitative estimate of drug-likeness (QED) is 0.900. The van der Waals surface area contributed by atoms with Crippen LogP contribution in [0.2, 0.25) is 0 Å². The van der Waals surface area contributed by atoms with Crippen LogP contribution in [0.15, 0.2) is 46.9 Å². The minimum Gasteiger partial charge on any atom is -0.486 e. The maximum absolute atomic E-state index is 12.1. The molecule has 0 aliphatic carbocycles. The fraction of sp³-hybridized carbons (Fsp3) is 0.312. The van der Waals surface area contributed by atoms with Crippen molar-refractivity contribution in [2.75, 3.05) is 11.5 Å². The molecule has 0 radical (unpaired) electrons. The van der Waals surface area contributed by atoms with Crippen LogP contribution in [0.4, 0.5) is 0 Å². The van der Waals surface area contributed by atoms with E-state index in [0.29, 0.717) is 17.9 Å². The molecule has 1 N–H and O–H groups in total. The van der Waals surface area contributed by atoms with Crippen molar-refractivity contribution in [1.82, 2.24) is 5.32 Å². The van der Waals surface area contributed by atoms with Gasteiger partial charge in [0.05, 0.1) is 11.5 Å². The second-order valence-corrected chi connectivity index (χ2v) is 7.67. The average Bonchev–Trinajstić information content (AvgIpc) is 3.13. The Balaban J connectivity index is 1.55. The van der Waals surface area contributed by atoms with Crippen LogP contribution in [0.5, 0.6) is 5.75 Å². The van der Waals surface area contributed by atoms with Crippen LogP contribution >= 0.6 is 0 Å². The highest BCUT2D eigenvalue weighted by Gasteiger charge is 2.29. The summed E-state index contributed by atoms with van der Waals surface area (Å²) in [6.45, 7) is 0.217. The molecule has 122 valence electrons. The summed E-state index contributed by atoms with van der Waals surface area (Å²) in [6.07, 6.45) is 0.443. The van der Waals surface area contributed by atoms with Crippen molar-refractivity contribution < 1.29 is 22.4 Å². The van der Waals surface area contributed by atoms with Gasteiger partial charge in [0.1, 0.15) is 18.1 Å². The van der Waals surface area contributed by atoms with Gasteiger partial charge in [0, 0.05) is 6.04 Å². The average molecular weight is 335 g/mol. The Bertz CT molecular complexity index is 782. The molecule has 2 aromatic rings. The van der Waals surface area contributed by atoms with Gasteiger partial charge in [-0.3, -0.25) is 4.79 Å². The number of hydrogen-bond acceptors (Lipinski definition) is 5. The second-order valence-electron chi connectivity index (χ2n) is 5.44. The molecule has 0 unspecified atom stereocenters. The topological polar surface area (TPSA) is 85.6 Å². The van der Waals surface area contributed by atoms with E-state index in [1.165, 1.54) is 0 Å². The highest BCUT2D eigenvalue weighted by atomic mass is 32.2. The van der Waals surface area contributed by atoms with E-state index in [1.54, 1.807) is 12.1 Å². The largest absolute Gasteiger partial charge is 0.486 e. The van der Waals surface area contributed by atoms with E-state index in [9.17, 15) is 13.2 Å². The molecule has 1 aliphatic rings.